The van der Waals surface area contributed by atoms with E-state index < -0.39 is 0 Å². The maximum absolute atomic E-state index is 12.4. The molecule has 0 aliphatic carbocycles. The van der Waals surface area contributed by atoms with Gasteiger partial charge in [0.2, 0.25) is 5.91 Å². The van der Waals surface area contributed by atoms with E-state index in [4.69, 9.17) is 4.74 Å². The van der Waals surface area contributed by atoms with Gasteiger partial charge in [-0.15, -0.1) is 0 Å². The molecule has 0 spiro atoms. The maximum atomic E-state index is 12.4. The number of carbonyl (C=O) groups excluding carboxylic acids is 1. The molecule has 3 rings (SSSR count). The first-order chi connectivity index (χ1) is 11.2. The average molecular weight is 337 g/mol. The summed E-state index contributed by atoms with van der Waals surface area (Å²) in [5.41, 5.74) is 1.42. The number of morpholine rings is 1. The molecule has 1 amide bonds. The molecular formula is C17H27N3O2S. The molecular weight excluding hydrogens is 310 g/mol. The highest BCUT2D eigenvalue weighted by molar-refractivity contribution is 7.07. The lowest BCUT2D eigenvalue weighted by Crippen LogP contribution is -2.54. The van der Waals surface area contributed by atoms with E-state index in [2.05, 4.69) is 33.6 Å². The molecule has 1 aromatic rings. The zero-order valence-corrected chi connectivity index (χ0v) is 14.8. The molecule has 1 aromatic heterocycles. The van der Waals surface area contributed by atoms with E-state index in [9.17, 15) is 4.79 Å². The number of piperazine rings is 1. The maximum Gasteiger partial charge on any atom is 0.236 e. The SMILES string of the molecule is C[C@H](Cc1ccsc1)N1CCN(C(=O)CN2CCOCC2)CC1. The molecule has 1 atom stereocenters. The van der Waals surface area contributed by atoms with Crippen molar-refractivity contribution in [3.05, 3.63) is 22.4 Å². The van der Waals surface area contributed by atoms with Gasteiger partial charge in [-0.2, -0.15) is 11.3 Å². The summed E-state index contributed by atoms with van der Waals surface area (Å²) in [6, 6.07) is 2.75. The van der Waals surface area contributed by atoms with E-state index in [1.54, 1.807) is 11.3 Å². The fourth-order valence-electron chi connectivity index (χ4n) is 3.34. The number of nitrogens with zero attached hydrogens (tertiary/aromatic N) is 3. The average Bonchev–Trinajstić information content (AvgIpc) is 3.09. The molecule has 0 N–H and O–H groups in total. The van der Waals surface area contributed by atoms with Crippen LogP contribution in [0.15, 0.2) is 16.8 Å². The molecule has 3 heterocycles. The molecule has 23 heavy (non-hydrogen) atoms. The predicted octanol–water partition coefficient (Wildman–Crippen LogP) is 1.16. The molecule has 128 valence electrons. The predicted molar refractivity (Wildman–Crippen MR) is 92.9 cm³/mol. The van der Waals surface area contributed by atoms with Crippen LogP contribution in [0.4, 0.5) is 0 Å². The summed E-state index contributed by atoms with van der Waals surface area (Å²) < 4.78 is 5.34. The van der Waals surface area contributed by atoms with Crippen LogP contribution in [0.2, 0.25) is 0 Å². The van der Waals surface area contributed by atoms with Crippen molar-refractivity contribution in [2.75, 3.05) is 59.0 Å². The van der Waals surface area contributed by atoms with Crippen molar-refractivity contribution in [1.82, 2.24) is 14.7 Å². The lowest BCUT2D eigenvalue weighted by atomic mass is 10.1. The van der Waals surface area contributed by atoms with Crippen molar-refractivity contribution in [3.63, 3.8) is 0 Å². The molecule has 0 radical (unpaired) electrons. The van der Waals surface area contributed by atoms with Crippen molar-refractivity contribution in [1.29, 1.82) is 0 Å². The fraction of sp³-hybridized carbons (Fsp3) is 0.706. The Morgan fingerprint density at radius 3 is 2.61 bits per heavy atom. The second kappa shape index (κ2) is 8.24. The van der Waals surface area contributed by atoms with Gasteiger partial charge in [0.25, 0.3) is 0 Å². The number of thiophene rings is 1. The topological polar surface area (TPSA) is 36.0 Å². The third-order valence-corrected chi connectivity index (χ3v) is 5.60. The van der Waals surface area contributed by atoms with Gasteiger partial charge in [-0.05, 0) is 35.7 Å². The molecule has 2 saturated heterocycles. The molecule has 0 bridgehead atoms. The highest BCUT2D eigenvalue weighted by atomic mass is 32.1. The van der Waals surface area contributed by atoms with E-state index in [1.165, 1.54) is 5.56 Å². The Kier molecular flexibility index (Phi) is 6.05. The molecule has 6 heteroatoms. The number of ether oxygens (including phenoxy) is 1. The highest BCUT2D eigenvalue weighted by Gasteiger charge is 2.25. The molecule has 5 nitrogen and oxygen atoms in total. The van der Waals surface area contributed by atoms with Crippen molar-refractivity contribution in [3.8, 4) is 0 Å². The van der Waals surface area contributed by atoms with Gasteiger partial charge >= 0.3 is 0 Å². The Bertz CT molecular complexity index is 480. The van der Waals surface area contributed by atoms with Gasteiger partial charge in [0.05, 0.1) is 19.8 Å². The summed E-state index contributed by atoms with van der Waals surface area (Å²) in [5, 5.41) is 4.38. The molecule has 0 aromatic carbocycles. The zero-order chi connectivity index (χ0) is 16.1. The summed E-state index contributed by atoms with van der Waals surface area (Å²) in [6.07, 6.45) is 1.10. The molecule has 0 unspecified atom stereocenters. The number of rotatable bonds is 5. The zero-order valence-electron chi connectivity index (χ0n) is 13.9. The van der Waals surface area contributed by atoms with Crippen molar-refractivity contribution < 1.29 is 9.53 Å². The van der Waals surface area contributed by atoms with Gasteiger partial charge < -0.3 is 9.64 Å². The Hall–Kier alpha value is -0.950. The minimum absolute atomic E-state index is 0.275. The van der Waals surface area contributed by atoms with Gasteiger partial charge in [0.1, 0.15) is 0 Å². The first kappa shape index (κ1) is 16.9. The number of amides is 1. The minimum atomic E-state index is 0.275. The quantitative estimate of drug-likeness (QED) is 0.808. The van der Waals surface area contributed by atoms with Crippen LogP contribution in [-0.2, 0) is 16.0 Å². The lowest BCUT2D eigenvalue weighted by molar-refractivity contribution is -0.135. The van der Waals surface area contributed by atoms with Crippen molar-refractivity contribution >= 4 is 17.2 Å². The molecule has 0 saturated carbocycles. The van der Waals surface area contributed by atoms with Crippen LogP contribution in [0.3, 0.4) is 0 Å². The van der Waals surface area contributed by atoms with Crippen LogP contribution >= 0.6 is 11.3 Å². The van der Waals surface area contributed by atoms with Gasteiger partial charge in [0, 0.05) is 45.3 Å². The third-order valence-electron chi connectivity index (χ3n) is 4.86. The first-order valence-corrected chi connectivity index (χ1v) is 9.49. The van der Waals surface area contributed by atoms with E-state index in [0.717, 1.165) is 58.9 Å². The Balaban J connectivity index is 1.41. The van der Waals surface area contributed by atoms with Crippen molar-refractivity contribution in [2.45, 2.75) is 19.4 Å². The van der Waals surface area contributed by atoms with Crippen LogP contribution in [0.1, 0.15) is 12.5 Å². The summed E-state index contributed by atoms with van der Waals surface area (Å²) in [5.74, 6) is 0.275. The van der Waals surface area contributed by atoms with E-state index in [1.807, 2.05) is 4.90 Å². The second-order valence-electron chi connectivity index (χ2n) is 6.49. The number of hydrogen-bond acceptors (Lipinski definition) is 5. The van der Waals surface area contributed by atoms with Crippen LogP contribution < -0.4 is 0 Å². The highest BCUT2D eigenvalue weighted by Crippen LogP contribution is 2.14. The molecule has 2 aliphatic heterocycles. The van der Waals surface area contributed by atoms with Crippen molar-refractivity contribution in [2.24, 2.45) is 0 Å². The summed E-state index contributed by atoms with van der Waals surface area (Å²) in [4.78, 5) is 19.2. The van der Waals surface area contributed by atoms with Gasteiger partial charge in [-0.1, -0.05) is 0 Å². The summed E-state index contributed by atoms with van der Waals surface area (Å²) in [7, 11) is 0. The van der Waals surface area contributed by atoms with Gasteiger partial charge in [-0.25, -0.2) is 0 Å². The number of carbonyl (C=O) groups is 1. The molecule has 2 fully saturated rings. The lowest BCUT2D eigenvalue weighted by Gasteiger charge is -2.39. The molecule has 2 aliphatic rings. The number of hydrogen-bond donors (Lipinski definition) is 0. The van der Waals surface area contributed by atoms with E-state index in [-0.39, 0.29) is 5.91 Å². The Morgan fingerprint density at radius 1 is 1.22 bits per heavy atom. The second-order valence-corrected chi connectivity index (χ2v) is 7.27. The van der Waals surface area contributed by atoms with Gasteiger partial charge in [-0.3, -0.25) is 14.6 Å². The minimum Gasteiger partial charge on any atom is -0.379 e. The third kappa shape index (κ3) is 4.76. The standard InChI is InChI=1S/C17H27N3O2S/c1-15(12-16-2-11-23-14-16)19-3-5-20(6-4-19)17(21)13-18-7-9-22-10-8-18/h2,11,14-15H,3-10,12-13H2,1H3/t15-/m1/s1. The smallest absolute Gasteiger partial charge is 0.236 e. The normalized spacial score (nSPS) is 22.2. The first-order valence-electron chi connectivity index (χ1n) is 8.55. The van der Waals surface area contributed by atoms with Crippen LogP contribution in [0, 0.1) is 0 Å². The summed E-state index contributed by atoms with van der Waals surface area (Å²) in [6.45, 7) is 9.79. The largest absolute Gasteiger partial charge is 0.379 e. The Labute approximate surface area is 142 Å². The van der Waals surface area contributed by atoms with E-state index >= 15 is 0 Å². The van der Waals surface area contributed by atoms with Crippen LogP contribution in [0.25, 0.3) is 0 Å². The monoisotopic (exact) mass is 337 g/mol. The fourth-order valence-corrected chi connectivity index (χ4v) is 4.02. The van der Waals surface area contributed by atoms with E-state index in [0.29, 0.717) is 12.6 Å². The van der Waals surface area contributed by atoms with Crippen LogP contribution in [0.5, 0.6) is 0 Å². The van der Waals surface area contributed by atoms with Crippen LogP contribution in [-0.4, -0.2) is 85.7 Å². The Morgan fingerprint density at radius 2 is 1.96 bits per heavy atom. The summed E-state index contributed by atoms with van der Waals surface area (Å²) >= 11 is 1.76. The van der Waals surface area contributed by atoms with Gasteiger partial charge in [0.15, 0.2) is 0 Å².